The minimum Gasteiger partial charge on any atom is -0.328 e. The fraction of sp³-hybridized carbons (Fsp3) is 0.312. The minimum atomic E-state index is -0.124. The molecule has 2 aromatic heterocycles. The second-order valence-electron chi connectivity index (χ2n) is 5.81. The van der Waals surface area contributed by atoms with Crippen molar-refractivity contribution in [3.05, 3.63) is 53.4 Å². The van der Waals surface area contributed by atoms with E-state index in [1.165, 1.54) is 0 Å². The van der Waals surface area contributed by atoms with Crippen LogP contribution in [0.1, 0.15) is 27.8 Å². The first-order chi connectivity index (χ1) is 11.6. The third-order valence-corrected chi connectivity index (χ3v) is 4.32. The van der Waals surface area contributed by atoms with E-state index < -0.39 is 0 Å². The van der Waals surface area contributed by atoms with Gasteiger partial charge in [0.1, 0.15) is 5.82 Å². The molecule has 3 heterocycles. The molecule has 0 N–H and O–H groups in total. The van der Waals surface area contributed by atoms with Crippen LogP contribution >= 0.6 is 0 Å². The number of carbonyl (C=O) groups is 1. The third-order valence-electron chi connectivity index (χ3n) is 4.32. The Kier molecular flexibility index (Phi) is 3.37. The maximum Gasteiger partial charge on any atom is 0.276 e. The summed E-state index contributed by atoms with van der Waals surface area (Å²) < 4.78 is 3.72. The monoisotopic (exact) mass is 323 g/mol. The maximum absolute atomic E-state index is 12.8. The van der Waals surface area contributed by atoms with E-state index in [4.69, 9.17) is 0 Å². The Bertz CT molecular complexity index is 897. The van der Waals surface area contributed by atoms with Gasteiger partial charge in [0.05, 0.1) is 17.9 Å². The number of hydrogen-bond donors (Lipinski definition) is 0. The summed E-state index contributed by atoms with van der Waals surface area (Å²) in [5.41, 5.74) is 1.99. The molecule has 1 aliphatic heterocycles. The molecule has 0 atom stereocenters. The lowest BCUT2D eigenvalue weighted by Gasteiger charge is -2.27. The normalized spacial score (nSPS) is 13.8. The fourth-order valence-electron chi connectivity index (χ4n) is 2.97. The largest absolute Gasteiger partial charge is 0.328 e. The van der Waals surface area contributed by atoms with Crippen LogP contribution in [0.3, 0.4) is 0 Å². The Morgan fingerprint density at radius 2 is 1.83 bits per heavy atom. The van der Waals surface area contributed by atoms with Gasteiger partial charge >= 0.3 is 0 Å². The van der Waals surface area contributed by atoms with Crippen molar-refractivity contribution in [2.45, 2.75) is 26.9 Å². The quantitative estimate of drug-likeness (QED) is 0.706. The number of rotatable bonds is 2. The number of aromatic nitrogens is 6. The highest BCUT2D eigenvalue weighted by atomic mass is 16.2. The molecular formula is C16H17N7O. The first-order valence-corrected chi connectivity index (χ1v) is 7.81. The van der Waals surface area contributed by atoms with Crippen molar-refractivity contribution in [2.75, 3.05) is 6.54 Å². The molecule has 8 nitrogen and oxygen atoms in total. The first-order valence-electron chi connectivity index (χ1n) is 7.81. The minimum absolute atomic E-state index is 0.124. The Hall–Kier alpha value is -3.03. The molecule has 0 saturated carbocycles. The van der Waals surface area contributed by atoms with Gasteiger partial charge in [0.15, 0.2) is 11.5 Å². The van der Waals surface area contributed by atoms with Crippen LogP contribution < -0.4 is 0 Å². The number of hydrogen-bond acceptors (Lipinski definition) is 5. The van der Waals surface area contributed by atoms with Gasteiger partial charge in [-0.3, -0.25) is 4.79 Å². The molecule has 1 aromatic carbocycles. The zero-order chi connectivity index (χ0) is 16.7. The Balaban J connectivity index is 1.61. The summed E-state index contributed by atoms with van der Waals surface area (Å²) in [5, 5.41) is 16.4. The molecule has 4 rings (SSSR count). The number of fused-ring (bicyclic) bond motifs is 1. The lowest BCUT2D eigenvalue weighted by molar-refractivity contribution is 0.0700. The average molecular weight is 323 g/mol. The topological polar surface area (TPSA) is 81.7 Å². The average Bonchev–Trinajstić information content (AvgIpc) is 3.18. The molecule has 122 valence electrons. The van der Waals surface area contributed by atoms with Crippen molar-refractivity contribution < 1.29 is 4.79 Å². The van der Waals surface area contributed by atoms with Gasteiger partial charge in [0, 0.05) is 13.1 Å². The number of benzene rings is 1. The van der Waals surface area contributed by atoms with E-state index in [0.717, 1.165) is 23.0 Å². The van der Waals surface area contributed by atoms with Crippen molar-refractivity contribution in [3.8, 4) is 5.69 Å². The molecule has 0 fully saturated rings. The second kappa shape index (κ2) is 5.55. The molecule has 1 amide bonds. The lowest BCUT2D eigenvalue weighted by atomic mass is 10.2. The number of aryl methyl sites for hydroxylation is 1. The van der Waals surface area contributed by atoms with Crippen molar-refractivity contribution >= 4 is 5.91 Å². The predicted octanol–water partition coefficient (Wildman–Crippen LogP) is 1.13. The number of para-hydroxylation sites is 1. The van der Waals surface area contributed by atoms with Crippen LogP contribution in [0, 0.1) is 13.8 Å². The van der Waals surface area contributed by atoms with Gasteiger partial charge in [-0.1, -0.05) is 23.4 Å². The van der Waals surface area contributed by atoms with E-state index in [-0.39, 0.29) is 5.91 Å². The van der Waals surface area contributed by atoms with E-state index in [1.807, 2.05) is 48.7 Å². The molecule has 0 unspecified atom stereocenters. The third kappa shape index (κ3) is 2.27. The lowest BCUT2D eigenvalue weighted by Crippen LogP contribution is -2.39. The smallest absolute Gasteiger partial charge is 0.276 e. The highest BCUT2D eigenvalue weighted by Gasteiger charge is 2.27. The number of carbonyl (C=O) groups excluding carboxylic acids is 1. The van der Waals surface area contributed by atoms with Crippen LogP contribution in [0.5, 0.6) is 0 Å². The SMILES string of the molecule is Cc1c(C(=O)N2CCn3c(C)nnc3C2)nnn1-c1ccccc1. The van der Waals surface area contributed by atoms with Gasteiger partial charge in [0.2, 0.25) is 0 Å². The number of nitrogens with zero attached hydrogens (tertiary/aromatic N) is 7. The molecule has 8 heteroatoms. The standard InChI is InChI=1S/C16H17N7O/c1-11-15(19-20-23(11)13-6-4-3-5-7-13)16(24)21-8-9-22-12(2)17-18-14(22)10-21/h3-7H,8-10H2,1-2H3. The molecule has 24 heavy (non-hydrogen) atoms. The molecular weight excluding hydrogens is 306 g/mol. The Morgan fingerprint density at radius 3 is 2.62 bits per heavy atom. The highest BCUT2D eigenvalue weighted by Crippen LogP contribution is 2.17. The van der Waals surface area contributed by atoms with Crippen LogP contribution in [-0.4, -0.2) is 47.1 Å². The summed E-state index contributed by atoms with van der Waals surface area (Å²) in [5.74, 6) is 1.56. The summed E-state index contributed by atoms with van der Waals surface area (Å²) in [7, 11) is 0. The van der Waals surface area contributed by atoms with Crippen LogP contribution in [0.25, 0.3) is 5.69 Å². The predicted molar refractivity (Wildman–Crippen MR) is 85.6 cm³/mol. The molecule has 0 spiro atoms. The van der Waals surface area contributed by atoms with Gasteiger partial charge in [0.25, 0.3) is 5.91 Å². The number of amides is 1. The zero-order valence-corrected chi connectivity index (χ0v) is 13.5. The van der Waals surface area contributed by atoms with Crippen LogP contribution in [0.15, 0.2) is 30.3 Å². The van der Waals surface area contributed by atoms with Gasteiger partial charge < -0.3 is 9.47 Å². The molecule has 0 radical (unpaired) electrons. The summed E-state index contributed by atoms with van der Waals surface area (Å²) >= 11 is 0. The molecule has 1 aliphatic rings. The van der Waals surface area contributed by atoms with Crippen LogP contribution in [-0.2, 0) is 13.1 Å². The van der Waals surface area contributed by atoms with E-state index in [0.29, 0.717) is 25.3 Å². The highest BCUT2D eigenvalue weighted by molar-refractivity contribution is 5.93. The van der Waals surface area contributed by atoms with Crippen LogP contribution in [0.2, 0.25) is 0 Å². The second-order valence-corrected chi connectivity index (χ2v) is 5.81. The fourth-order valence-corrected chi connectivity index (χ4v) is 2.97. The van der Waals surface area contributed by atoms with Crippen molar-refractivity contribution in [3.63, 3.8) is 0 Å². The van der Waals surface area contributed by atoms with Crippen LogP contribution in [0.4, 0.5) is 0 Å². The zero-order valence-electron chi connectivity index (χ0n) is 13.5. The molecule has 3 aromatic rings. The summed E-state index contributed by atoms with van der Waals surface area (Å²) in [6.45, 7) is 5.53. The van der Waals surface area contributed by atoms with E-state index in [1.54, 1.807) is 9.58 Å². The van der Waals surface area contributed by atoms with Gasteiger partial charge in [-0.2, -0.15) is 0 Å². The van der Waals surface area contributed by atoms with Gasteiger partial charge in [-0.25, -0.2) is 4.68 Å². The Labute approximate surface area is 138 Å². The molecule has 0 saturated heterocycles. The Morgan fingerprint density at radius 1 is 1.04 bits per heavy atom. The van der Waals surface area contributed by atoms with E-state index in [2.05, 4.69) is 20.5 Å². The molecule has 0 bridgehead atoms. The van der Waals surface area contributed by atoms with E-state index in [9.17, 15) is 4.79 Å². The van der Waals surface area contributed by atoms with Crippen molar-refractivity contribution in [2.24, 2.45) is 0 Å². The summed E-state index contributed by atoms with van der Waals surface area (Å²) in [6.07, 6.45) is 0. The van der Waals surface area contributed by atoms with Crippen molar-refractivity contribution in [1.29, 1.82) is 0 Å². The summed E-state index contributed by atoms with van der Waals surface area (Å²) in [4.78, 5) is 14.6. The first kappa shape index (κ1) is 14.6. The summed E-state index contributed by atoms with van der Waals surface area (Å²) in [6, 6.07) is 9.66. The van der Waals surface area contributed by atoms with Gasteiger partial charge in [-0.15, -0.1) is 15.3 Å². The van der Waals surface area contributed by atoms with E-state index >= 15 is 0 Å². The van der Waals surface area contributed by atoms with Gasteiger partial charge in [-0.05, 0) is 26.0 Å². The maximum atomic E-state index is 12.8. The molecule has 0 aliphatic carbocycles. The van der Waals surface area contributed by atoms with Crippen molar-refractivity contribution in [1.82, 2.24) is 34.7 Å².